The maximum atomic E-state index is 10.8. The normalized spacial score (nSPS) is 21.5. The molecule has 0 amide bonds. The fourth-order valence-corrected chi connectivity index (χ4v) is 0. The van der Waals surface area contributed by atoms with Crippen LogP contribution in [0.2, 0.25) is 0 Å². The Morgan fingerprint density at radius 2 is 1.20 bits per heavy atom. The Labute approximate surface area is 82.9 Å². The molecular weight excluding hydrogens is 362 g/mol. The summed E-state index contributed by atoms with van der Waals surface area (Å²) in [5.74, 6) is 0. The second-order valence-electron chi connectivity index (χ2n) is 1.16. The van der Waals surface area contributed by atoms with Crippen LogP contribution in [0.4, 0.5) is 0 Å². The number of quaternary nitrogens is 1. The van der Waals surface area contributed by atoms with Crippen molar-refractivity contribution in [2.24, 2.45) is 0 Å². The molecule has 0 spiro atoms. The van der Waals surface area contributed by atoms with E-state index in [0.29, 0.717) is 0 Å². The van der Waals surface area contributed by atoms with E-state index in [1.165, 1.54) is 0 Å². The summed E-state index contributed by atoms with van der Waals surface area (Å²) in [4.78, 5) is 0. The molecule has 0 N–H and O–H groups in total. The van der Waals surface area contributed by atoms with E-state index >= 15 is 0 Å². The van der Waals surface area contributed by atoms with Crippen molar-refractivity contribution in [2.45, 2.75) is 0 Å². The van der Waals surface area contributed by atoms with Crippen molar-refractivity contribution in [3.63, 3.8) is 0 Å². The molecule has 3 nitrogen and oxygen atoms in total. The van der Waals surface area contributed by atoms with Gasteiger partial charge in [-0.15, -0.1) is 0 Å². The second kappa shape index (κ2) is 2.11. The predicted octanol–water partition coefficient (Wildman–Crippen LogP) is 2.49. The van der Waals surface area contributed by atoms with E-state index in [1.807, 2.05) is 0 Å². The summed E-state index contributed by atoms with van der Waals surface area (Å²) >= 11 is 14.4. The minimum absolute atomic E-state index is 2.28. The SMILES string of the molecule is [O]=[Rh]([O-])([Cl])([Cl])([Cl])[N+](Cl)(Cl)Cl. The predicted molar refractivity (Wildman–Crippen MR) is 36.1 cm³/mol. The van der Waals surface area contributed by atoms with Crippen molar-refractivity contribution in [3.8, 4) is 0 Å². The minimum atomic E-state index is -7.18. The zero-order valence-corrected chi connectivity index (χ0v) is 10.0. The van der Waals surface area contributed by atoms with E-state index in [2.05, 4.69) is 29.1 Å². The Kier molecular flexibility index (Phi) is 2.56. The number of hydrogen-bond donors (Lipinski definition) is 0. The molecule has 68 valence electrons. The molecule has 0 radical (unpaired) electrons. The van der Waals surface area contributed by atoms with Gasteiger partial charge in [0.1, 0.15) is 0 Å². The van der Waals surface area contributed by atoms with Gasteiger partial charge in [0.05, 0.1) is 0 Å². The zero-order valence-electron chi connectivity index (χ0n) is 3.86. The first-order valence-electron chi connectivity index (χ1n) is 1.31. The molecule has 0 saturated carbocycles. The Morgan fingerprint density at radius 1 is 1.10 bits per heavy atom. The first-order chi connectivity index (χ1) is 3.75. The summed E-state index contributed by atoms with van der Waals surface area (Å²) < 4.78 is 19.3. The van der Waals surface area contributed by atoms with Crippen LogP contribution in [-0.2, 0) is 13.6 Å². The first-order valence-corrected chi connectivity index (χ1v) is 10.7. The maximum absolute atomic E-state index is 10.8. The van der Waals surface area contributed by atoms with Crippen LogP contribution in [0.5, 0.6) is 0 Å². The van der Waals surface area contributed by atoms with Crippen LogP contribution in [-0.4, -0.2) is 1.78 Å². The molecule has 0 rings (SSSR count). The average molecular weight is 362 g/mol. The molecule has 10 heteroatoms. The van der Waals surface area contributed by atoms with E-state index in [0.717, 1.165) is 0 Å². The molecule has 0 saturated heterocycles. The topological polar surface area (TPSA) is 40.1 Å². The van der Waals surface area contributed by atoms with Crippen molar-refractivity contribution < 1.29 is 19.3 Å². The van der Waals surface area contributed by atoms with Crippen molar-refractivity contribution in [1.29, 1.82) is 0 Å². The molecule has 0 aliphatic heterocycles. The molecule has 0 heterocycles. The quantitative estimate of drug-likeness (QED) is 0.532. The molecule has 0 aromatic heterocycles. The van der Waals surface area contributed by atoms with Crippen LogP contribution in [0.1, 0.15) is 0 Å². The fraction of sp³-hybridized carbons (Fsp3) is 0. The van der Waals surface area contributed by atoms with Crippen molar-refractivity contribution in [2.75, 3.05) is 0 Å². The molecule has 0 bridgehead atoms. The molecule has 0 atom stereocenters. The Balaban J connectivity index is 5.39. The summed E-state index contributed by atoms with van der Waals surface area (Å²) in [5.41, 5.74) is 0. The van der Waals surface area contributed by atoms with Gasteiger partial charge in [0.2, 0.25) is 0 Å². The van der Waals surface area contributed by atoms with Gasteiger partial charge >= 0.3 is 83.7 Å². The van der Waals surface area contributed by atoms with Crippen molar-refractivity contribution in [1.82, 2.24) is 0 Å². The van der Waals surface area contributed by atoms with E-state index in [4.69, 9.17) is 35.3 Å². The van der Waals surface area contributed by atoms with E-state index in [9.17, 15) is 7.51 Å². The van der Waals surface area contributed by atoms with Gasteiger partial charge < -0.3 is 0 Å². The fourth-order valence-electron chi connectivity index (χ4n) is 0. The zero-order chi connectivity index (χ0) is 8.91. The van der Waals surface area contributed by atoms with E-state index in [-0.39, 0.29) is 0 Å². The van der Waals surface area contributed by atoms with E-state index < -0.39 is 11.8 Å². The number of rotatable bonds is 1. The van der Waals surface area contributed by atoms with Crippen molar-refractivity contribution in [3.05, 3.63) is 0 Å². The van der Waals surface area contributed by atoms with Gasteiger partial charge in [-0.2, -0.15) is 0 Å². The van der Waals surface area contributed by atoms with Gasteiger partial charge in [-0.3, -0.25) is 0 Å². The summed E-state index contributed by atoms with van der Waals surface area (Å²) in [6, 6.07) is 0. The molecule has 0 unspecified atom stereocenters. The Morgan fingerprint density at radius 3 is 1.20 bits per heavy atom. The van der Waals surface area contributed by atoms with Crippen LogP contribution in [0.15, 0.2) is 0 Å². The molecule has 0 aromatic carbocycles. The first kappa shape index (κ1) is 12.1. The number of hydrogen-bond acceptors (Lipinski definition) is 2. The van der Waals surface area contributed by atoms with Crippen LogP contribution in [0, 0.1) is 0 Å². The van der Waals surface area contributed by atoms with Gasteiger partial charge in [0, 0.05) is 0 Å². The van der Waals surface area contributed by atoms with Crippen LogP contribution in [0.3, 0.4) is 0 Å². The van der Waals surface area contributed by atoms with Crippen LogP contribution >= 0.6 is 64.4 Å². The average Bonchev–Trinajstić information content (AvgIpc) is 1.16. The van der Waals surface area contributed by atoms with Gasteiger partial charge in [0.15, 0.2) is 0 Å². The second-order valence-corrected chi connectivity index (χ2v) is 21.9. The van der Waals surface area contributed by atoms with Gasteiger partial charge in [0.25, 0.3) is 0 Å². The Bertz CT molecular complexity index is 213. The summed E-state index contributed by atoms with van der Waals surface area (Å²) in [6.07, 6.45) is 0. The molecule has 0 fully saturated rings. The Hall–Kier alpha value is 2.08. The summed E-state index contributed by atoms with van der Waals surface area (Å²) in [5, 5.41) is 0. The third kappa shape index (κ3) is 2.85. The molecule has 0 aliphatic carbocycles. The molecule has 0 aliphatic rings. The van der Waals surface area contributed by atoms with Gasteiger partial charge in [-0.25, -0.2) is 0 Å². The van der Waals surface area contributed by atoms with Gasteiger partial charge in [-0.1, -0.05) is 0 Å². The molecular formula is Cl6NO2Rh. The third-order valence-electron chi connectivity index (χ3n) is 0.330. The van der Waals surface area contributed by atoms with E-state index in [1.54, 1.807) is 0 Å². The standard InChI is InChI=1S/Cl3N.3ClH.2O.Rh/c1-4(2)3;;;;;;/h;3*1H;;;/q;;;;;-1;+4/p-3. The van der Waals surface area contributed by atoms with Crippen LogP contribution in [0.25, 0.3) is 0 Å². The van der Waals surface area contributed by atoms with Crippen molar-refractivity contribution >= 4 is 64.4 Å². The molecule has 10 heavy (non-hydrogen) atoms. The number of halogens is 6. The third-order valence-corrected chi connectivity index (χ3v) is 12.7. The molecule has 0 aromatic rings. The van der Waals surface area contributed by atoms with Crippen LogP contribution < -0.4 is 3.93 Å². The van der Waals surface area contributed by atoms with Gasteiger partial charge in [-0.05, 0) is 0 Å². The number of nitrogens with zero attached hydrogens (tertiary/aromatic N) is 1. The monoisotopic (exact) mass is 359 g/mol. The summed E-state index contributed by atoms with van der Waals surface area (Å²) in [7, 11) is 6.88. The summed E-state index contributed by atoms with van der Waals surface area (Å²) in [6.45, 7) is 0.